The third-order valence-electron chi connectivity index (χ3n) is 3.03. The number of nitrogens with zero attached hydrogens (tertiary/aromatic N) is 1. The lowest BCUT2D eigenvalue weighted by atomic mass is 10.1. The fraction of sp³-hybridized carbons (Fsp3) is 0.250. The van der Waals surface area contributed by atoms with Gasteiger partial charge in [-0.15, -0.1) is 0 Å². The van der Waals surface area contributed by atoms with Crippen LogP contribution in [0.3, 0.4) is 0 Å². The quantitative estimate of drug-likeness (QED) is 0.876. The maximum Gasteiger partial charge on any atom is 0.238 e. The second kappa shape index (κ2) is 6.82. The molecule has 0 aliphatic rings. The minimum atomic E-state index is -0.0345. The molecule has 0 aliphatic carbocycles. The number of anilines is 1. The number of carbonyl (C=O) groups excluding carboxylic acids is 1. The molecular weight excluding hydrogens is 250 g/mol. The SMILES string of the molecule is Cc1ccc(C)c(NC(=O)CNCc2ccncc2)c1. The first-order valence-electron chi connectivity index (χ1n) is 6.62. The fourth-order valence-electron chi connectivity index (χ4n) is 1.89. The molecule has 0 unspecified atom stereocenters. The van der Waals surface area contributed by atoms with Gasteiger partial charge in [-0.1, -0.05) is 12.1 Å². The van der Waals surface area contributed by atoms with Crippen LogP contribution in [-0.2, 0) is 11.3 Å². The first-order chi connectivity index (χ1) is 9.65. The lowest BCUT2D eigenvalue weighted by Gasteiger charge is -2.10. The van der Waals surface area contributed by atoms with Gasteiger partial charge in [-0.25, -0.2) is 0 Å². The van der Waals surface area contributed by atoms with E-state index >= 15 is 0 Å². The summed E-state index contributed by atoms with van der Waals surface area (Å²) in [6.07, 6.45) is 3.49. The number of rotatable bonds is 5. The Kier molecular flexibility index (Phi) is 4.85. The van der Waals surface area contributed by atoms with Crippen molar-refractivity contribution in [2.24, 2.45) is 0 Å². The lowest BCUT2D eigenvalue weighted by Crippen LogP contribution is -2.28. The summed E-state index contributed by atoms with van der Waals surface area (Å²) in [7, 11) is 0. The second-order valence-electron chi connectivity index (χ2n) is 4.83. The van der Waals surface area contributed by atoms with Crippen molar-refractivity contribution >= 4 is 11.6 Å². The van der Waals surface area contributed by atoms with Crippen LogP contribution in [0.25, 0.3) is 0 Å². The van der Waals surface area contributed by atoms with Crippen molar-refractivity contribution in [1.29, 1.82) is 0 Å². The van der Waals surface area contributed by atoms with Crippen LogP contribution in [0.5, 0.6) is 0 Å². The highest BCUT2D eigenvalue weighted by Crippen LogP contribution is 2.15. The number of hydrogen-bond donors (Lipinski definition) is 2. The van der Waals surface area contributed by atoms with Crippen LogP contribution >= 0.6 is 0 Å². The molecule has 20 heavy (non-hydrogen) atoms. The van der Waals surface area contributed by atoms with Crippen LogP contribution in [0.1, 0.15) is 16.7 Å². The largest absolute Gasteiger partial charge is 0.325 e. The Labute approximate surface area is 119 Å². The van der Waals surface area contributed by atoms with E-state index in [0.29, 0.717) is 6.54 Å². The predicted octanol–water partition coefficient (Wildman–Crippen LogP) is 2.43. The van der Waals surface area contributed by atoms with E-state index in [-0.39, 0.29) is 12.5 Å². The van der Waals surface area contributed by atoms with E-state index < -0.39 is 0 Å². The topological polar surface area (TPSA) is 54.0 Å². The Morgan fingerprint density at radius 3 is 2.65 bits per heavy atom. The van der Waals surface area contributed by atoms with Gasteiger partial charge in [0, 0.05) is 24.6 Å². The van der Waals surface area contributed by atoms with Crippen molar-refractivity contribution < 1.29 is 4.79 Å². The number of benzene rings is 1. The fourth-order valence-corrected chi connectivity index (χ4v) is 1.89. The molecule has 0 saturated carbocycles. The van der Waals surface area contributed by atoms with Gasteiger partial charge in [0.1, 0.15) is 0 Å². The number of aryl methyl sites for hydroxylation is 2. The van der Waals surface area contributed by atoms with Crippen molar-refractivity contribution in [1.82, 2.24) is 10.3 Å². The number of carbonyl (C=O) groups is 1. The molecule has 2 aromatic rings. The van der Waals surface area contributed by atoms with Gasteiger partial charge in [0.15, 0.2) is 0 Å². The van der Waals surface area contributed by atoms with Gasteiger partial charge in [0.2, 0.25) is 5.91 Å². The number of hydrogen-bond acceptors (Lipinski definition) is 3. The van der Waals surface area contributed by atoms with E-state index in [1.54, 1.807) is 12.4 Å². The molecule has 0 bridgehead atoms. The molecule has 4 heteroatoms. The summed E-state index contributed by atoms with van der Waals surface area (Å²) in [6.45, 7) is 4.94. The molecule has 1 aromatic heterocycles. The lowest BCUT2D eigenvalue weighted by molar-refractivity contribution is -0.115. The summed E-state index contributed by atoms with van der Waals surface area (Å²) in [5, 5.41) is 6.04. The van der Waals surface area contributed by atoms with Gasteiger partial charge in [0.05, 0.1) is 6.54 Å². The molecule has 0 atom stereocenters. The number of amides is 1. The van der Waals surface area contributed by atoms with Gasteiger partial charge in [-0.05, 0) is 48.7 Å². The Hall–Kier alpha value is -2.20. The number of pyridine rings is 1. The van der Waals surface area contributed by atoms with Crippen molar-refractivity contribution in [3.8, 4) is 0 Å². The van der Waals surface area contributed by atoms with Crippen molar-refractivity contribution in [3.63, 3.8) is 0 Å². The third-order valence-corrected chi connectivity index (χ3v) is 3.03. The molecule has 1 aromatic carbocycles. The first kappa shape index (κ1) is 14.2. The Balaban J connectivity index is 1.82. The number of aromatic nitrogens is 1. The van der Waals surface area contributed by atoms with E-state index in [0.717, 1.165) is 22.4 Å². The van der Waals surface area contributed by atoms with Crippen molar-refractivity contribution in [2.45, 2.75) is 20.4 Å². The zero-order valence-corrected chi connectivity index (χ0v) is 11.8. The van der Waals surface area contributed by atoms with Gasteiger partial charge in [-0.2, -0.15) is 0 Å². The summed E-state index contributed by atoms with van der Waals surface area (Å²) in [6, 6.07) is 9.88. The normalized spacial score (nSPS) is 10.3. The summed E-state index contributed by atoms with van der Waals surface area (Å²) in [5.74, 6) is -0.0345. The maximum absolute atomic E-state index is 11.9. The predicted molar refractivity (Wildman–Crippen MR) is 80.5 cm³/mol. The average molecular weight is 269 g/mol. The smallest absolute Gasteiger partial charge is 0.238 e. The summed E-state index contributed by atoms with van der Waals surface area (Å²) in [5.41, 5.74) is 4.19. The molecule has 4 nitrogen and oxygen atoms in total. The third kappa shape index (κ3) is 4.17. The second-order valence-corrected chi connectivity index (χ2v) is 4.83. The Morgan fingerprint density at radius 1 is 1.15 bits per heavy atom. The van der Waals surface area contributed by atoms with Gasteiger partial charge in [0.25, 0.3) is 0 Å². The average Bonchev–Trinajstić information content (AvgIpc) is 2.44. The zero-order chi connectivity index (χ0) is 14.4. The Morgan fingerprint density at radius 2 is 1.90 bits per heavy atom. The highest BCUT2D eigenvalue weighted by molar-refractivity contribution is 5.93. The van der Waals surface area contributed by atoms with E-state index in [2.05, 4.69) is 15.6 Å². The minimum absolute atomic E-state index is 0.0345. The molecule has 0 saturated heterocycles. The standard InChI is InChI=1S/C16H19N3O/c1-12-3-4-13(2)15(9-12)19-16(20)11-18-10-14-5-7-17-8-6-14/h3-9,18H,10-11H2,1-2H3,(H,19,20). The highest BCUT2D eigenvalue weighted by Gasteiger charge is 2.04. The van der Waals surface area contributed by atoms with Crippen LogP contribution in [0.15, 0.2) is 42.7 Å². The summed E-state index contributed by atoms with van der Waals surface area (Å²) < 4.78 is 0. The van der Waals surface area contributed by atoms with Crippen molar-refractivity contribution in [2.75, 3.05) is 11.9 Å². The van der Waals surface area contributed by atoms with Crippen LogP contribution < -0.4 is 10.6 Å². The monoisotopic (exact) mass is 269 g/mol. The van der Waals surface area contributed by atoms with E-state index in [4.69, 9.17) is 0 Å². The van der Waals surface area contributed by atoms with E-state index in [9.17, 15) is 4.79 Å². The van der Waals surface area contributed by atoms with Crippen LogP contribution in [-0.4, -0.2) is 17.4 Å². The van der Waals surface area contributed by atoms with Gasteiger partial charge in [-0.3, -0.25) is 9.78 Å². The molecule has 0 radical (unpaired) electrons. The molecule has 0 fully saturated rings. The van der Waals surface area contributed by atoms with Gasteiger partial charge >= 0.3 is 0 Å². The van der Waals surface area contributed by atoms with Crippen LogP contribution in [0, 0.1) is 13.8 Å². The summed E-state index contributed by atoms with van der Waals surface area (Å²) >= 11 is 0. The van der Waals surface area contributed by atoms with Crippen LogP contribution in [0.4, 0.5) is 5.69 Å². The van der Waals surface area contributed by atoms with Crippen molar-refractivity contribution in [3.05, 3.63) is 59.4 Å². The molecule has 2 N–H and O–H groups in total. The molecular formula is C16H19N3O. The zero-order valence-electron chi connectivity index (χ0n) is 11.8. The maximum atomic E-state index is 11.9. The van der Waals surface area contributed by atoms with Gasteiger partial charge < -0.3 is 10.6 Å². The molecule has 1 amide bonds. The Bertz CT molecular complexity index is 582. The summed E-state index contributed by atoms with van der Waals surface area (Å²) in [4.78, 5) is 15.8. The molecule has 0 spiro atoms. The highest BCUT2D eigenvalue weighted by atomic mass is 16.1. The minimum Gasteiger partial charge on any atom is -0.325 e. The van der Waals surface area contributed by atoms with E-state index in [1.807, 2.05) is 44.2 Å². The first-order valence-corrected chi connectivity index (χ1v) is 6.62. The molecule has 0 aliphatic heterocycles. The molecule has 2 rings (SSSR count). The molecule has 1 heterocycles. The van der Waals surface area contributed by atoms with E-state index in [1.165, 1.54) is 0 Å². The number of nitrogens with one attached hydrogen (secondary N) is 2. The molecule has 104 valence electrons. The van der Waals surface area contributed by atoms with Crippen LogP contribution in [0.2, 0.25) is 0 Å².